The maximum Gasteiger partial charge on any atom is 0.169 e. The highest BCUT2D eigenvalue weighted by atomic mass is 16.1. The van der Waals surface area contributed by atoms with Gasteiger partial charge in [-0.05, 0) is 37.3 Å². The van der Waals surface area contributed by atoms with Crippen molar-refractivity contribution in [3.63, 3.8) is 0 Å². The van der Waals surface area contributed by atoms with Crippen molar-refractivity contribution in [3.05, 3.63) is 53.9 Å². The van der Waals surface area contributed by atoms with E-state index in [4.69, 9.17) is 0 Å². The molecule has 0 aliphatic rings. The number of hydrogen-bond donors (Lipinski definition) is 0. The number of rotatable bonds is 2. The van der Waals surface area contributed by atoms with Gasteiger partial charge in [0.2, 0.25) is 0 Å². The number of aromatic nitrogens is 2. The van der Waals surface area contributed by atoms with E-state index >= 15 is 0 Å². The van der Waals surface area contributed by atoms with Crippen molar-refractivity contribution in [2.75, 3.05) is 0 Å². The standard InChI is InChI=1S/C16H14N2O/c1-11-5-6-15-12(8-11)9-16(18(15)2)13-4-3-7-17-14(13)10-19/h3-10H,1-2H3. The molecule has 3 aromatic rings. The van der Waals surface area contributed by atoms with Crippen LogP contribution in [0.4, 0.5) is 0 Å². The molecule has 0 fully saturated rings. The fourth-order valence-electron chi connectivity index (χ4n) is 2.46. The topological polar surface area (TPSA) is 34.9 Å². The van der Waals surface area contributed by atoms with Gasteiger partial charge in [-0.3, -0.25) is 9.78 Å². The third kappa shape index (κ3) is 1.83. The van der Waals surface area contributed by atoms with Crippen molar-refractivity contribution >= 4 is 17.2 Å². The zero-order valence-corrected chi connectivity index (χ0v) is 10.9. The average Bonchev–Trinajstić information content (AvgIpc) is 2.75. The number of fused-ring (bicyclic) bond motifs is 1. The van der Waals surface area contributed by atoms with Crippen molar-refractivity contribution in [2.24, 2.45) is 7.05 Å². The van der Waals surface area contributed by atoms with Crippen molar-refractivity contribution < 1.29 is 4.79 Å². The molecule has 0 N–H and O–H groups in total. The molecule has 0 saturated carbocycles. The summed E-state index contributed by atoms with van der Waals surface area (Å²) in [6.45, 7) is 2.08. The van der Waals surface area contributed by atoms with Gasteiger partial charge in [0.25, 0.3) is 0 Å². The minimum Gasteiger partial charge on any atom is -0.344 e. The lowest BCUT2D eigenvalue weighted by atomic mass is 10.1. The van der Waals surface area contributed by atoms with E-state index in [1.165, 1.54) is 10.9 Å². The second kappa shape index (κ2) is 4.35. The minimum atomic E-state index is 0.477. The molecule has 2 heterocycles. The number of carbonyl (C=O) groups excluding carboxylic acids is 1. The molecule has 0 atom stereocenters. The van der Waals surface area contributed by atoms with Gasteiger partial charge in [-0.1, -0.05) is 11.6 Å². The van der Waals surface area contributed by atoms with E-state index in [0.717, 1.165) is 23.1 Å². The Kier molecular flexibility index (Phi) is 2.67. The zero-order chi connectivity index (χ0) is 13.4. The SMILES string of the molecule is Cc1ccc2c(c1)cc(-c1cccnc1C=O)n2C. The van der Waals surface area contributed by atoms with Gasteiger partial charge in [-0.2, -0.15) is 0 Å². The molecule has 0 saturated heterocycles. The van der Waals surface area contributed by atoms with Crippen LogP contribution in [0.1, 0.15) is 16.1 Å². The van der Waals surface area contributed by atoms with Crippen LogP contribution >= 0.6 is 0 Å². The molecule has 0 aliphatic heterocycles. The van der Waals surface area contributed by atoms with Crippen molar-refractivity contribution in [2.45, 2.75) is 6.92 Å². The van der Waals surface area contributed by atoms with Gasteiger partial charge in [0.1, 0.15) is 5.69 Å². The second-order valence-corrected chi connectivity index (χ2v) is 4.70. The van der Waals surface area contributed by atoms with Gasteiger partial charge >= 0.3 is 0 Å². The zero-order valence-electron chi connectivity index (χ0n) is 10.9. The fourth-order valence-corrected chi connectivity index (χ4v) is 2.46. The summed E-state index contributed by atoms with van der Waals surface area (Å²) in [4.78, 5) is 15.2. The third-order valence-corrected chi connectivity index (χ3v) is 3.42. The molecule has 0 amide bonds. The smallest absolute Gasteiger partial charge is 0.169 e. The van der Waals surface area contributed by atoms with Gasteiger partial charge in [0, 0.05) is 29.7 Å². The first-order valence-corrected chi connectivity index (χ1v) is 6.17. The maximum atomic E-state index is 11.1. The summed E-state index contributed by atoms with van der Waals surface area (Å²) in [5.41, 5.74) is 4.74. The molecule has 0 bridgehead atoms. The Morgan fingerprint density at radius 2 is 2.05 bits per heavy atom. The van der Waals surface area contributed by atoms with E-state index < -0.39 is 0 Å². The molecule has 1 aromatic carbocycles. The van der Waals surface area contributed by atoms with Crippen LogP contribution in [0.15, 0.2) is 42.6 Å². The number of carbonyl (C=O) groups is 1. The van der Waals surface area contributed by atoms with Crippen LogP contribution in [0.5, 0.6) is 0 Å². The van der Waals surface area contributed by atoms with E-state index in [-0.39, 0.29) is 0 Å². The second-order valence-electron chi connectivity index (χ2n) is 4.70. The molecular formula is C16H14N2O. The summed E-state index contributed by atoms with van der Waals surface area (Å²) in [5, 5.41) is 1.18. The molecule has 19 heavy (non-hydrogen) atoms. The highest BCUT2D eigenvalue weighted by Gasteiger charge is 2.11. The van der Waals surface area contributed by atoms with Gasteiger partial charge < -0.3 is 4.57 Å². The molecule has 0 spiro atoms. The van der Waals surface area contributed by atoms with Crippen LogP contribution in [0, 0.1) is 6.92 Å². The Morgan fingerprint density at radius 1 is 1.21 bits per heavy atom. The monoisotopic (exact) mass is 250 g/mol. The van der Waals surface area contributed by atoms with Gasteiger partial charge in [0.05, 0.1) is 5.69 Å². The van der Waals surface area contributed by atoms with Crippen LogP contribution in [-0.2, 0) is 7.05 Å². The number of pyridine rings is 1. The first-order chi connectivity index (χ1) is 9.20. The number of aldehydes is 1. The molecule has 3 nitrogen and oxygen atoms in total. The highest BCUT2D eigenvalue weighted by molar-refractivity contribution is 5.91. The number of benzene rings is 1. The Balaban J connectivity index is 2.31. The molecule has 0 unspecified atom stereocenters. The normalized spacial score (nSPS) is 10.8. The van der Waals surface area contributed by atoms with Crippen LogP contribution in [0.25, 0.3) is 22.2 Å². The number of aryl methyl sites for hydroxylation is 2. The van der Waals surface area contributed by atoms with E-state index in [9.17, 15) is 4.79 Å². The molecule has 3 rings (SSSR count). The molecule has 0 aliphatic carbocycles. The summed E-state index contributed by atoms with van der Waals surface area (Å²) in [7, 11) is 2.01. The van der Waals surface area contributed by atoms with Crippen molar-refractivity contribution in [3.8, 4) is 11.3 Å². The Bertz CT molecular complexity index is 772. The summed E-state index contributed by atoms with van der Waals surface area (Å²) < 4.78 is 2.10. The third-order valence-electron chi connectivity index (χ3n) is 3.42. The predicted molar refractivity (Wildman–Crippen MR) is 76.3 cm³/mol. The van der Waals surface area contributed by atoms with Gasteiger partial charge in [0.15, 0.2) is 6.29 Å². The molecule has 2 aromatic heterocycles. The lowest BCUT2D eigenvalue weighted by Crippen LogP contribution is -1.96. The van der Waals surface area contributed by atoms with Crippen LogP contribution < -0.4 is 0 Å². The average molecular weight is 250 g/mol. The summed E-state index contributed by atoms with van der Waals surface area (Å²) >= 11 is 0. The quantitative estimate of drug-likeness (QED) is 0.654. The van der Waals surface area contributed by atoms with Crippen LogP contribution in [0.2, 0.25) is 0 Å². The molecular weight excluding hydrogens is 236 g/mol. The number of hydrogen-bond acceptors (Lipinski definition) is 2. The minimum absolute atomic E-state index is 0.477. The maximum absolute atomic E-state index is 11.1. The fraction of sp³-hybridized carbons (Fsp3) is 0.125. The first kappa shape index (κ1) is 11.7. The summed E-state index contributed by atoms with van der Waals surface area (Å²) in [6.07, 6.45) is 2.44. The molecule has 0 radical (unpaired) electrons. The number of nitrogens with zero attached hydrogens (tertiary/aromatic N) is 2. The lowest BCUT2D eigenvalue weighted by Gasteiger charge is -2.06. The highest BCUT2D eigenvalue weighted by Crippen LogP contribution is 2.28. The van der Waals surface area contributed by atoms with Crippen LogP contribution in [-0.4, -0.2) is 15.8 Å². The Labute approximate surface area is 111 Å². The summed E-state index contributed by atoms with van der Waals surface area (Å²) in [6, 6.07) is 12.2. The van der Waals surface area contributed by atoms with Crippen molar-refractivity contribution in [1.29, 1.82) is 0 Å². The van der Waals surface area contributed by atoms with Crippen LogP contribution in [0.3, 0.4) is 0 Å². The van der Waals surface area contributed by atoms with E-state index in [2.05, 4.69) is 40.7 Å². The predicted octanol–water partition coefficient (Wildman–Crippen LogP) is 3.36. The van der Waals surface area contributed by atoms with Crippen molar-refractivity contribution in [1.82, 2.24) is 9.55 Å². The lowest BCUT2D eigenvalue weighted by molar-refractivity contribution is 0.111. The van der Waals surface area contributed by atoms with E-state index in [0.29, 0.717) is 5.69 Å². The first-order valence-electron chi connectivity index (χ1n) is 6.17. The Hall–Kier alpha value is -2.42. The van der Waals surface area contributed by atoms with Gasteiger partial charge in [-0.15, -0.1) is 0 Å². The van der Waals surface area contributed by atoms with E-state index in [1.807, 2.05) is 19.2 Å². The summed E-state index contributed by atoms with van der Waals surface area (Å²) in [5.74, 6) is 0. The van der Waals surface area contributed by atoms with E-state index in [1.54, 1.807) is 6.20 Å². The Morgan fingerprint density at radius 3 is 2.84 bits per heavy atom. The molecule has 94 valence electrons. The molecule has 3 heteroatoms. The largest absolute Gasteiger partial charge is 0.344 e. The van der Waals surface area contributed by atoms with Gasteiger partial charge in [-0.25, -0.2) is 0 Å².